The molecule has 1 aliphatic carbocycles. The number of para-hydroxylation sites is 1. The standard InChI is InChI=1S/C24H37NO3SSi/c1-19(27-30(5,6)23(2,3)4)18-20-12-10-15-22-24(20,16-11-17-25-22)29-28-26-21-13-8-7-9-14-21/h7-9,13-14,20H,1,10-12,15-18H2,2-6H3. The zero-order valence-electron chi connectivity index (χ0n) is 19.2. The van der Waals surface area contributed by atoms with Crippen LogP contribution in [0.1, 0.15) is 59.3 Å². The van der Waals surface area contributed by atoms with Crippen LogP contribution in [-0.2, 0) is 8.76 Å². The first-order chi connectivity index (χ1) is 14.1. The van der Waals surface area contributed by atoms with Gasteiger partial charge in [-0.3, -0.25) is 4.99 Å². The van der Waals surface area contributed by atoms with Gasteiger partial charge in [0.2, 0.25) is 8.32 Å². The molecule has 0 bridgehead atoms. The first-order valence-electron chi connectivity index (χ1n) is 11.1. The Kier molecular flexibility index (Phi) is 7.41. The Morgan fingerprint density at radius 1 is 1.23 bits per heavy atom. The van der Waals surface area contributed by atoms with E-state index in [1.807, 2.05) is 30.3 Å². The van der Waals surface area contributed by atoms with E-state index in [2.05, 4.69) is 40.4 Å². The minimum atomic E-state index is -1.88. The van der Waals surface area contributed by atoms with Gasteiger partial charge in [-0.05, 0) is 68.3 Å². The molecule has 1 fully saturated rings. The third kappa shape index (κ3) is 5.32. The summed E-state index contributed by atoms with van der Waals surface area (Å²) in [4.78, 5) is 10.5. The highest BCUT2D eigenvalue weighted by Crippen LogP contribution is 2.50. The van der Waals surface area contributed by atoms with Gasteiger partial charge in [0, 0.05) is 18.7 Å². The monoisotopic (exact) mass is 447 g/mol. The number of benzene rings is 1. The molecule has 1 aromatic carbocycles. The Morgan fingerprint density at radius 2 is 1.97 bits per heavy atom. The number of nitrogens with zero attached hydrogens (tertiary/aromatic N) is 1. The highest BCUT2D eigenvalue weighted by atomic mass is 32.2. The van der Waals surface area contributed by atoms with E-state index in [-0.39, 0.29) is 9.79 Å². The van der Waals surface area contributed by atoms with Crippen LogP contribution in [0.3, 0.4) is 0 Å². The lowest BCUT2D eigenvalue weighted by Gasteiger charge is -2.46. The van der Waals surface area contributed by atoms with E-state index in [9.17, 15) is 0 Å². The molecule has 2 unspecified atom stereocenters. The fourth-order valence-corrected chi connectivity index (χ4v) is 6.33. The van der Waals surface area contributed by atoms with Crippen LogP contribution in [-0.4, -0.2) is 25.3 Å². The third-order valence-electron chi connectivity index (χ3n) is 6.86. The second-order valence-electron chi connectivity index (χ2n) is 10.1. The van der Waals surface area contributed by atoms with Crippen molar-refractivity contribution in [3.05, 3.63) is 42.7 Å². The first-order valence-corrected chi connectivity index (χ1v) is 14.8. The summed E-state index contributed by atoms with van der Waals surface area (Å²) in [6, 6.07) is 9.67. The van der Waals surface area contributed by atoms with Gasteiger partial charge in [-0.2, -0.15) is 0 Å². The second kappa shape index (κ2) is 9.49. The molecule has 3 rings (SSSR count). The van der Waals surface area contributed by atoms with Crippen LogP contribution in [0, 0.1) is 5.92 Å². The highest BCUT2D eigenvalue weighted by molar-refractivity contribution is 7.96. The molecule has 30 heavy (non-hydrogen) atoms. The smallest absolute Gasteiger partial charge is 0.250 e. The molecule has 0 saturated heterocycles. The molecule has 1 aromatic rings. The topological polar surface area (TPSA) is 40.0 Å². The maximum atomic E-state index is 6.53. The third-order valence-corrected chi connectivity index (χ3v) is 12.5. The van der Waals surface area contributed by atoms with E-state index in [0.717, 1.165) is 44.4 Å². The van der Waals surface area contributed by atoms with Crippen molar-refractivity contribution in [3.8, 4) is 5.75 Å². The van der Waals surface area contributed by atoms with Crippen molar-refractivity contribution in [3.63, 3.8) is 0 Å². The fourth-order valence-electron chi connectivity index (χ4n) is 4.16. The molecule has 2 atom stereocenters. The van der Waals surface area contributed by atoms with Crippen molar-refractivity contribution in [2.75, 3.05) is 6.54 Å². The molecule has 1 aliphatic heterocycles. The highest BCUT2D eigenvalue weighted by Gasteiger charge is 2.49. The summed E-state index contributed by atoms with van der Waals surface area (Å²) >= 11 is 1.46. The van der Waals surface area contributed by atoms with E-state index in [1.54, 1.807) is 0 Å². The molecule has 1 saturated carbocycles. The lowest BCUT2D eigenvalue weighted by atomic mass is 9.72. The molecule has 0 amide bonds. The summed E-state index contributed by atoms with van der Waals surface area (Å²) in [6.07, 6.45) is 6.35. The first kappa shape index (κ1) is 23.4. The maximum absolute atomic E-state index is 6.53. The number of rotatable bonds is 8. The van der Waals surface area contributed by atoms with Gasteiger partial charge < -0.3 is 9.31 Å². The molecule has 0 radical (unpaired) electrons. The lowest BCUT2D eigenvalue weighted by molar-refractivity contribution is -0.0801. The number of fused-ring (bicyclic) bond motifs is 1. The van der Waals surface area contributed by atoms with Crippen molar-refractivity contribution in [2.45, 2.75) is 82.2 Å². The van der Waals surface area contributed by atoms with Crippen molar-refractivity contribution in [2.24, 2.45) is 10.9 Å². The molecule has 4 nitrogen and oxygen atoms in total. The molecular weight excluding hydrogens is 410 g/mol. The molecule has 2 aliphatic rings. The maximum Gasteiger partial charge on any atom is 0.250 e. The summed E-state index contributed by atoms with van der Waals surface area (Å²) in [5.41, 5.74) is 1.28. The van der Waals surface area contributed by atoms with Crippen molar-refractivity contribution in [1.29, 1.82) is 0 Å². The summed E-state index contributed by atoms with van der Waals surface area (Å²) in [7, 11) is -1.88. The van der Waals surface area contributed by atoms with Crippen LogP contribution in [0.15, 0.2) is 47.7 Å². The Bertz CT molecular complexity index is 759. The number of aliphatic imine (C=N–C) groups is 1. The van der Waals surface area contributed by atoms with E-state index < -0.39 is 8.32 Å². The zero-order valence-corrected chi connectivity index (χ0v) is 21.0. The van der Waals surface area contributed by atoms with Crippen molar-refractivity contribution < 1.29 is 13.6 Å². The van der Waals surface area contributed by atoms with Gasteiger partial charge in [0.25, 0.3) is 0 Å². The summed E-state index contributed by atoms with van der Waals surface area (Å²) in [5, 5.41) is 0.166. The van der Waals surface area contributed by atoms with Crippen LogP contribution < -0.4 is 4.89 Å². The van der Waals surface area contributed by atoms with E-state index in [0.29, 0.717) is 11.7 Å². The molecule has 0 spiro atoms. The molecule has 0 N–H and O–H groups in total. The van der Waals surface area contributed by atoms with Gasteiger partial charge in [-0.15, -0.1) is 4.33 Å². The number of allylic oxidation sites excluding steroid dienone is 1. The van der Waals surface area contributed by atoms with Gasteiger partial charge in [-0.1, -0.05) is 45.5 Å². The Balaban J connectivity index is 1.72. The Hall–Kier alpha value is -1.24. The average molecular weight is 448 g/mol. The van der Waals surface area contributed by atoms with E-state index in [1.165, 1.54) is 24.2 Å². The molecule has 1 heterocycles. The summed E-state index contributed by atoms with van der Waals surface area (Å²) in [6.45, 7) is 16.6. The van der Waals surface area contributed by atoms with Gasteiger partial charge >= 0.3 is 0 Å². The average Bonchev–Trinajstić information content (AvgIpc) is 2.68. The van der Waals surface area contributed by atoms with Crippen LogP contribution in [0.2, 0.25) is 18.1 Å². The molecule has 166 valence electrons. The minimum Gasteiger partial charge on any atom is -0.547 e. The van der Waals surface area contributed by atoms with E-state index in [4.69, 9.17) is 18.6 Å². The van der Waals surface area contributed by atoms with Gasteiger partial charge in [0.1, 0.15) is 0 Å². The molecule has 0 aromatic heterocycles. The predicted molar refractivity (Wildman–Crippen MR) is 129 cm³/mol. The van der Waals surface area contributed by atoms with Crippen LogP contribution in [0.4, 0.5) is 0 Å². The van der Waals surface area contributed by atoms with Crippen LogP contribution >= 0.6 is 12.0 Å². The predicted octanol–water partition coefficient (Wildman–Crippen LogP) is 7.34. The lowest BCUT2D eigenvalue weighted by Crippen LogP contribution is -2.49. The van der Waals surface area contributed by atoms with Crippen LogP contribution in [0.5, 0.6) is 5.75 Å². The minimum absolute atomic E-state index is 0.148. The van der Waals surface area contributed by atoms with Crippen molar-refractivity contribution >= 4 is 26.1 Å². The molecular formula is C24H37NO3SSi. The normalized spacial score (nSPS) is 24.6. The van der Waals surface area contributed by atoms with Gasteiger partial charge in [-0.25, -0.2) is 0 Å². The fraction of sp³-hybridized carbons (Fsp3) is 0.625. The number of hydrogen-bond acceptors (Lipinski definition) is 5. The van der Waals surface area contributed by atoms with Gasteiger partial charge in [0.05, 0.1) is 22.5 Å². The summed E-state index contributed by atoms with van der Waals surface area (Å²) in [5.74, 6) is 2.03. The molecule has 6 heteroatoms. The zero-order chi connectivity index (χ0) is 21.8. The Labute approximate surface area is 187 Å². The number of hydrogen-bond donors (Lipinski definition) is 0. The Morgan fingerprint density at radius 3 is 2.67 bits per heavy atom. The largest absolute Gasteiger partial charge is 0.547 e. The van der Waals surface area contributed by atoms with Crippen molar-refractivity contribution in [1.82, 2.24) is 0 Å². The quantitative estimate of drug-likeness (QED) is 0.137. The van der Waals surface area contributed by atoms with E-state index >= 15 is 0 Å². The summed E-state index contributed by atoms with van der Waals surface area (Å²) < 4.78 is 12.1. The second-order valence-corrected chi connectivity index (χ2v) is 15.8. The SMILES string of the molecule is C=C(CC1CCCC2=NCCCC21SOOc1ccccc1)O[Si](C)(C)C(C)(C)C. The van der Waals surface area contributed by atoms with Crippen LogP contribution in [0.25, 0.3) is 0 Å². The van der Waals surface area contributed by atoms with Gasteiger partial charge in [0.15, 0.2) is 5.75 Å².